The molecule has 5 N–H and O–H groups in total. The Morgan fingerprint density at radius 2 is 1.79 bits per heavy atom. The van der Waals surface area contributed by atoms with Crippen LogP contribution in [0.5, 0.6) is 11.5 Å². The van der Waals surface area contributed by atoms with E-state index < -0.39 is 40.4 Å². The Balaban J connectivity index is 2.20. The molecule has 1 aliphatic rings. The van der Waals surface area contributed by atoms with Crippen LogP contribution in [0, 0.1) is 5.92 Å². The SMILES string of the molecule is CCOc1cc(-c2c(C(=O)O)c(N)[nH]c(=O)c2C(=O)O)ccc1OC(=O)C1CC1. The summed E-state index contributed by atoms with van der Waals surface area (Å²) >= 11 is 0. The van der Waals surface area contributed by atoms with Gasteiger partial charge in [0.2, 0.25) is 0 Å². The highest BCUT2D eigenvalue weighted by atomic mass is 16.6. The van der Waals surface area contributed by atoms with Gasteiger partial charge in [-0.05, 0) is 37.5 Å². The van der Waals surface area contributed by atoms with E-state index in [4.69, 9.17) is 15.2 Å². The van der Waals surface area contributed by atoms with E-state index >= 15 is 0 Å². The van der Waals surface area contributed by atoms with Gasteiger partial charge in [-0.2, -0.15) is 0 Å². The molecule has 2 aromatic rings. The molecular weight excluding hydrogens is 384 g/mol. The first-order chi connectivity index (χ1) is 13.7. The second kappa shape index (κ2) is 7.66. The highest BCUT2D eigenvalue weighted by molar-refractivity contribution is 6.07. The molecule has 0 bridgehead atoms. The zero-order valence-electron chi connectivity index (χ0n) is 15.4. The molecule has 10 nitrogen and oxygen atoms in total. The minimum absolute atomic E-state index is 0.0623. The van der Waals surface area contributed by atoms with Crippen molar-refractivity contribution in [2.75, 3.05) is 12.3 Å². The number of aromatic amines is 1. The molecule has 0 radical (unpaired) electrons. The Hall–Kier alpha value is -3.82. The number of aromatic nitrogens is 1. The fourth-order valence-corrected chi connectivity index (χ4v) is 2.86. The van der Waals surface area contributed by atoms with Crippen LogP contribution in [-0.2, 0) is 4.79 Å². The van der Waals surface area contributed by atoms with Crippen LogP contribution >= 0.6 is 0 Å². The molecule has 1 saturated carbocycles. The van der Waals surface area contributed by atoms with Gasteiger partial charge in [0.1, 0.15) is 16.9 Å². The first-order valence-corrected chi connectivity index (χ1v) is 8.75. The Morgan fingerprint density at radius 1 is 1.14 bits per heavy atom. The highest BCUT2D eigenvalue weighted by Gasteiger charge is 2.32. The lowest BCUT2D eigenvalue weighted by Gasteiger charge is -2.15. The van der Waals surface area contributed by atoms with Crippen molar-refractivity contribution in [3.63, 3.8) is 0 Å². The number of hydrogen-bond acceptors (Lipinski definition) is 7. The lowest BCUT2D eigenvalue weighted by Crippen LogP contribution is -2.24. The number of H-pyrrole nitrogens is 1. The summed E-state index contributed by atoms with van der Waals surface area (Å²) in [5, 5.41) is 19.0. The predicted molar refractivity (Wildman–Crippen MR) is 100 cm³/mol. The summed E-state index contributed by atoms with van der Waals surface area (Å²) in [6.45, 7) is 1.89. The van der Waals surface area contributed by atoms with Gasteiger partial charge in [0.25, 0.3) is 5.56 Å². The van der Waals surface area contributed by atoms with Gasteiger partial charge in [0, 0.05) is 5.56 Å². The van der Waals surface area contributed by atoms with Crippen molar-refractivity contribution in [2.45, 2.75) is 19.8 Å². The predicted octanol–water partition coefficient (Wildman–Crippen LogP) is 1.73. The third kappa shape index (κ3) is 3.91. The number of aromatic carboxylic acids is 2. The van der Waals surface area contributed by atoms with Crippen LogP contribution in [0.1, 0.15) is 40.5 Å². The lowest BCUT2D eigenvalue weighted by atomic mass is 9.95. The number of nitrogen functional groups attached to an aromatic ring is 1. The number of pyridine rings is 1. The van der Waals surface area contributed by atoms with E-state index in [1.165, 1.54) is 18.2 Å². The van der Waals surface area contributed by atoms with Gasteiger partial charge in [0.05, 0.1) is 12.5 Å². The average molecular weight is 402 g/mol. The Morgan fingerprint density at radius 3 is 2.34 bits per heavy atom. The van der Waals surface area contributed by atoms with Gasteiger partial charge in [-0.1, -0.05) is 6.07 Å². The zero-order chi connectivity index (χ0) is 21.3. The lowest BCUT2D eigenvalue weighted by molar-refractivity contribution is -0.135. The van der Waals surface area contributed by atoms with Crippen molar-refractivity contribution in [1.29, 1.82) is 0 Å². The number of carbonyl (C=O) groups excluding carboxylic acids is 1. The van der Waals surface area contributed by atoms with Crippen molar-refractivity contribution in [3.8, 4) is 22.6 Å². The molecule has 152 valence electrons. The number of hydrogen-bond donors (Lipinski definition) is 4. The van der Waals surface area contributed by atoms with E-state index in [-0.39, 0.29) is 35.2 Å². The van der Waals surface area contributed by atoms with Crippen molar-refractivity contribution < 1.29 is 34.1 Å². The number of carbonyl (C=O) groups is 3. The summed E-state index contributed by atoms with van der Waals surface area (Å²) in [5.41, 5.74) is 2.94. The van der Waals surface area contributed by atoms with Crippen LogP contribution < -0.4 is 20.8 Å². The fraction of sp³-hybridized carbons (Fsp3) is 0.263. The molecule has 1 aliphatic carbocycles. The number of ether oxygens (including phenoxy) is 2. The molecule has 10 heteroatoms. The third-order valence-electron chi connectivity index (χ3n) is 4.33. The minimum Gasteiger partial charge on any atom is -0.490 e. The molecule has 3 rings (SSSR count). The Bertz CT molecular complexity index is 1070. The number of esters is 1. The third-order valence-corrected chi connectivity index (χ3v) is 4.33. The maximum Gasteiger partial charge on any atom is 0.342 e. The molecule has 1 heterocycles. The summed E-state index contributed by atoms with van der Waals surface area (Å²) in [4.78, 5) is 49.5. The summed E-state index contributed by atoms with van der Waals surface area (Å²) in [6.07, 6.45) is 1.49. The molecule has 29 heavy (non-hydrogen) atoms. The van der Waals surface area contributed by atoms with E-state index in [2.05, 4.69) is 0 Å². The molecule has 0 aliphatic heterocycles. The van der Waals surface area contributed by atoms with Crippen molar-refractivity contribution >= 4 is 23.7 Å². The number of nitrogens with one attached hydrogen (secondary N) is 1. The van der Waals surface area contributed by atoms with Crippen LogP contribution in [0.25, 0.3) is 11.1 Å². The van der Waals surface area contributed by atoms with E-state index in [1.54, 1.807) is 6.92 Å². The number of carboxylic acid groups (broad SMARTS) is 2. The molecule has 0 amide bonds. The van der Waals surface area contributed by atoms with Crippen molar-refractivity contribution in [3.05, 3.63) is 39.7 Å². The molecule has 0 saturated heterocycles. The van der Waals surface area contributed by atoms with Gasteiger partial charge >= 0.3 is 17.9 Å². The standard InChI is InChI=1S/C19H18N2O8/c1-2-28-11-7-9(5-6-10(11)29-19(27)8-3-4-8)12-13(17(23)24)15(20)21-16(22)14(12)18(25)26/h5-8H,2-4H2,1H3,(H,23,24)(H,25,26)(H3,20,21,22). The normalized spacial score (nSPS) is 13.0. The smallest absolute Gasteiger partial charge is 0.342 e. The molecule has 1 aromatic heterocycles. The quantitative estimate of drug-likeness (QED) is 0.398. The molecule has 1 aromatic carbocycles. The Kier molecular flexibility index (Phi) is 5.26. The van der Waals surface area contributed by atoms with E-state index in [1.807, 2.05) is 4.98 Å². The summed E-state index contributed by atoms with van der Waals surface area (Å²) < 4.78 is 10.8. The largest absolute Gasteiger partial charge is 0.490 e. The number of anilines is 1. The molecule has 0 atom stereocenters. The van der Waals surface area contributed by atoms with E-state index in [0.29, 0.717) is 0 Å². The van der Waals surface area contributed by atoms with Gasteiger partial charge in [0.15, 0.2) is 11.5 Å². The molecule has 0 unspecified atom stereocenters. The highest BCUT2D eigenvalue weighted by Crippen LogP contribution is 2.38. The summed E-state index contributed by atoms with van der Waals surface area (Å²) in [6, 6.07) is 4.01. The average Bonchev–Trinajstić information content (AvgIpc) is 3.47. The second-order valence-corrected chi connectivity index (χ2v) is 6.39. The summed E-state index contributed by atoms with van der Waals surface area (Å²) in [5.74, 6) is -3.97. The van der Waals surface area contributed by atoms with E-state index in [9.17, 15) is 29.4 Å². The molecule has 1 fully saturated rings. The number of benzene rings is 1. The first kappa shape index (κ1) is 19.9. The van der Waals surface area contributed by atoms with Gasteiger partial charge in [-0.15, -0.1) is 0 Å². The molecular formula is C19H18N2O8. The zero-order valence-corrected chi connectivity index (χ0v) is 15.4. The maximum atomic E-state index is 12.1. The fourth-order valence-electron chi connectivity index (χ4n) is 2.86. The number of rotatable bonds is 7. The van der Waals surface area contributed by atoms with Gasteiger partial charge < -0.3 is 30.4 Å². The molecule has 0 spiro atoms. The van der Waals surface area contributed by atoms with Crippen LogP contribution in [0.15, 0.2) is 23.0 Å². The second-order valence-electron chi connectivity index (χ2n) is 6.39. The monoisotopic (exact) mass is 402 g/mol. The van der Waals surface area contributed by atoms with Crippen LogP contribution in [0.2, 0.25) is 0 Å². The first-order valence-electron chi connectivity index (χ1n) is 8.75. The van der Waals surface area contributed by atoms with Crippen molar-refractivity contribution in [2.24, 2.45) is 5.92 Å². The Labute approximate surface area is 163 Å². The minimum atomic E-state index is -1.62. The number of nitrogens with two attached hydrogens (primary N) is 1. The van der Waals surface area contributed by atoms with E-state index in [0.717, 1.165) is 12.8 Å². The van der Waals surface area contributed by atoms with Crippen LogP contribution in [-0.4, -0.2) is 39.7 Å². The van der Waals surface area contributed by atoms with Gasteiger partial charge in [-0.3, -0.25) is 9.59 Å². The number of carboxylic acids is 2. The van der Waals surface area contributed by atoms with Gasteiger partial charge in [-0.25, -0.2) is 9.59 Å². The van der Waals surface area contributed by atoms with Crippen LogP contribution in [0.4, 0.5) is 5.82 Å². The summed E-state index contributed by atoms with van der Waals surface area (Å²) in [7, 11) is 0. The maximum absolute atomic E-state index is 12.1. The van der Waals surface area contributed by atoms with Crippen molar-refractivity contribution in [1.82, 2.24) is 4.98 Å². The van der Waals surface area contributed by atoms with Crippen LogP contribution in [0.3, 0.4) is 0 Å². The topological polar surface area (TPSA) is 169 Å².